The maximum atomic E-state index is 12.9. The van der Waals surface area contributed by atoms with Crippen LogP contribution in [0.1, 0.15) is 0 Å². The predicted octanol–water partition coefficient (Wildman–Crippen LogP) is 4.44. The Bertz CT molecular complexity index is 489. The Kier molecular flexibility index (Phi) is 3.23. The fourth-order valence-electron chi connectivity index (χ4n) is 1.01. The minimum atomic E-state index is -0.294. The van der Waals surface area contributed by atoms with Gasteiger partial charge < -0.3 is 5.32 Å². The molecule has 2 nitrogen and oxygen atoms in total. The minimum absolute atomic E-state index is 0.294. The second kappa shape index (κ2) is 4.47. The number of thiazole rings is 1. The van der Waals surface area contributed by atoms with E-state index in [0.717, 1.165) is 5.69 Å². The number of halogens is 3. The number of hydrogen-bond acceptors (Lipinski definition) is 3. The van der Waals surface area contributed by atoms with Crippen LogP contribution in [0.4, 0.5) is 15.2 Å². The maximum Gasteiger partial charge on any atom is 0.188 e. The summed E-state index contributed by atoms with van der Waals surface area (Å²) in [6, 6.07) is 4.65. The summed E-state index contributed by atoms with van der Waals surface area (Å²) in [5, 5.41) is 5.87. The van der Waals surface area contributed by atoms with Crippen LogP contribution in [-0.4, -0.2) is 4.98 Å². The molecule has 1 N–H and O–H groups in total. The molecule has 0 bridgehead atoms. The van der Waals surface area contributed by atoms with Gasteiger partial charge in [0.05, 0.1) is 4.47 Å². The van der Waals surface area contributed by atoms with Crippen LogP contribution < -0.4 is 5.32 Å². The van der Waals surface area contributed by atoms with Crippen LogP contribution in [0.5, 0.6) is 0 Å². The number of rotatable bonds is 2. The Hall–Kier alpha value is -0.650. The zero-order chi connectivity index (χ0) is 10.8. The summed E-state index contributed by atoms with van der Waals surface area (Å²) in [5.41, 5.74) is 0.759. The maximum absolute atomic E-state index is 12.9. The van der Waals surface area contributed by atoms with Crippen molar-refractivity contribution in [2.24, 2.45) is 0 Å². The number of hydrogen-bond donors (Lipinski definition) is 1. The second-order valence-electron chi connectivity index (χ2n) is 2.73. The van der Waals surface area contributed by atoms with E-state index in [1.54, 1.807) is 17.5 Å². The van der Waals surface area contributed by atoms with E-state index >= 15 is 0 Å². The number of aromatic nitrogens is 1. The zero-order valence-corrected chi connectivity index (χ0v) is 10.5. The van der Waals surface area contributed by atoms with Gasteiger partial charge in [0.1, 0.15) is 11.0 Å². The van der Waals surface area contributed by atoms with Crippen molar-refractivity contribution in [1.82, 2.24) is 4.98 Å². The third kappa shape index (κ3) is 2.68. The molecule has 78 valence electrons. The van der Waals surface area contributed by atoms with Gasteiger partial charge in [-0.3, -0.25) is 0 Å². The molecule has 0 saturated carbocycles. The fourth-order valence-corrected chi connectivity index (χ4v) is 2.25. The van der Waals surface area contributed by atoms with Crippen molar-refractivity contribution in [1.29, 1.82) is 0 Å². The van der Waals surface area contributed by atoms with Gasteiger partial charge in [-0.25, -0.2) is 9.37 Å². The summed E-state index contributed by atoms with van der Waals surface area (Å²) in [5.74, 6) is -0.294. The molecule has 2 aromatic rings. The van der Waals surface area contributed by atoms with Crippen LogP contribution in [0.15, 0.2) is 28.1 Å². The fraction of sp³-hybridized carbons (Fsp3) is 0. The highest BCUT2D eigenvalue weighted by Gasteiger charge is 2.03. The predicted molar refractivity (Wildman–Crippen MR) is 64.5 cm³/mol. The Morgan fingerprint density at radius 2 is 2.27 bits per heavy atom. The lowest BCUT2D eigenvalue weighted by atomic mass is 10.3. The van der Waals surface area contributed by atoms with Crippen LogP contribution in [0.25, 0.3) is 0 Å². The van der Waals surface area contributed by atoms with Gasteiger partial charge in [0.25, 0.3) is 0 Å². The third-order valence-corrected chi connectivity index (χ3v) is 3.34. The number of nitrogens with zero attached hydrogens (tertiary/aromatic N) is 1. The summed E-state index contributed by atoms with van der Waals surface area (Å²) in [7, 11) is 0. The molecule has 0 atom stereocenters. The molecule has 1 aromatic carbocycles. The topological polar surface area (TPSA) is 24.9 Å². The first kappa shape index (κ1) is 10.9. The molecule has 0 fully saturated rings. The van der Waals surface area contributed by atoms with Crippen LogP contribution >= 0.6 is 38.9 Å². The number of benzene rings is 1. The number of nitrogens with one attached hydrogen (secondary N) is 1. The average molecular weight is 308 g/mol. The molecule has 2 rings (SSSR count). The lowest BCUT2D eigenvalue weighted by Crippen LogP contribution is -1.89. The van der Waals surface area contributed by atoms with Gasteiger partial charge in [0.2, 0.25) is 0 Å². The largest absolute Gasteiger partial charge is 0.331 e. The Morgan fingerprint density at radius 1 is 1.47 bits per heavy atom. The highest BCUT2D eigenvalue weighted by Crippen LogP contribution is 2.26. The van der Waals surface area contributed by atoms with E-state index in [1.165, 1.54) is 17.4 Å². The summed E-state index contributed by atoms with van der Waals surface area (Å²) < 4.78 is 13.3. The first-order chi connectivity index (χ1) is 7.15. The minimum Gasteiger partial charge on any atom is -0.331 e. The van der Waals surface area contributed by atoms with E-state index in [-0.39, 0.29) is 5.82 Å². The standard InChI is InChI=1S/C9H5BrClFN2S/c10-6-3-5(1-2-7(6)12)13-9-14-8(11)4-15-9/h1-4H,(H,13,14). The van der Waals surface area contributed by atoms with Gasteiger partial charge in [-0.15, -0.1) is 11.3 Å². The molecule has 0 aliphatic rings. The van der Waals surface area contributed by atoms with Gasteiger partial charge in [-0.05, 0) is 34.1 Å². The molecule has 0 aliphatic heterocycles. The van der Waals surface area contributed by atoms with E-state index in [1.807, 2.05) is 0 Å². The van der Waals surface area contributed by atoms with Gasteiger partial charge in [0, 0.05) is 11.1 Å². The van der Waals surface area contributed by atoms with Gasteiger partial charge in [-0.1, -0.05) is 11.6 Å². The van der Waals surface area contributed by atoms with Crippen molar-refractivity contribution in [2.75, 3.05) is 5.32 Å². The third-order valence-electron chi connectivity index (χ3n) is 1.65. The van der Waals surface area contributed by atoms with Crippen LogP contribution in [0.3, 0.4) is 0 Å². The highest BCUT2D eigenvalue weighted by atomic mass is 79.9. The van der Waals surface area contributed by atoms with Crippen molar-refractivity contribution in [3.63, 3.8) is 0 Å². The molecule has 0 radical (unpaired) electrons. The quantitative estimate of drug-likeness (QED) is 0.887. The molecule has 0 saturated heterocycles. The molecule has 1 aromatic heterocycles. The summed E-state index contributed by atoms with van der Waals surface area (Å²) in [6.45, 7) is 0. The zero-order valence-electron chi connectivity index (χ0n) is 7.30. The van der Waals surface area contributed by atoms with E-state index in [4.69, 9.17) is 11.6 Å². The van der Waals surface area contributed by atoms with Gasteiger partial charge in [-0.2, -0.15) is 0 Å². The molecule has 0 unspecified atom stereocenters. The first-order valence-corrected chi connectivity index (χ1v) is 6.03. The molecular formula is C9H5BrClFN2S. The normalized spacial score (nSPS) is 10.3. The van der Waals surface area contributed by atoms with Crippen molar-refractivity contribution in [3.8, 4) is 0 Å². The van der Waals surface area contributed by atoms with E-state index in [2.05, 4.69) is 26.2 Å². The van der Waals surface area contributed by atoms with Crippen molar-refractivity contribution in [2.45, 2.75) is 0 Å². The lowest BCUT2D eigenvalue weighted by molar-refractivity contribution is 0.621. The van der Waals surface area contributed by atoms with Gasteiger partial charge >= 0.3 is 0 Å². The van der Waals surface area contributed by atoms with Crippen LogP contribution in [0, 0.1) is 5.82 Å². The van der Waals surface area contributed by atoms with Crippen molar-refractivity contribution >= 4 is 49.7 Å². The molecule has 0 amide bonds. The molecule has 0 aliphatic carbocycles. The molecule has 15 heavy (non-hydrogen) atoms. The Balaban J connectivity index is 2.21. The average Bonchev–Trinajstić information content (AvgIpc) is 2.58. The molecule has 6 heteroatoms. The highest BCUT2D eigenvalue weighted by molar-refractivity contribution is 9.10. The van der Waals surface area contributed by atoms with E-state index in [9.17, 15) is 4.39 Å². The monoisotopic (exact) mass is 306 g/mol. The van der Waals surface area contributed by atoms with E-state index in [0.29, 0.717) is 14.8 Å². The van der Waals surface area contributed by atoms with Crippen molar-refractivity contribution < 1.29 is 4.39 Å². The lowest BCUT2D eigenvalue weighted by Gasteiger charge is -2.02. The summed E-state index contributed by atoms with van der Waals surface area (Å²) in [6.07, 6.45) is 0. The first-order valence-electron chi connectivity index (χ1n) is 3.98. The Labute approximate surface area is 103 Å². The molecule has 0 spiro atoms. The number of anilines is 2. The van der Waals surface area contributed by atoms with Crippen LogP contribution in [0.2, 0.25) is 5.15 Å². The van der Waals surface area contributed by atoms with Crippen LogP contribution in [-0.2, 0) is 0 Å². The van der Waals surface area contributed by atoms with Gasteiger partial charge in [0.15, 0.2) is 5.13 Å². The molecular weight excluding hydrogens is 303 g/mol. The van der Waals surface area contributed by atoms with Crippen molar-refractivity contribution in [3.05, 3.63) is 39.0 Å². The Morgan fingerprint density at radius 3 is 2.87 bits per heavy atom. The SMILES string of the molecule is Fc1ccc(Nc2nc(Cl)cs2)cc1Br. The molecule has 1 heterocycles. The van der Waals surface area contributed by atoms with E-state index < -0.39 is 0 Å². The second-order valence-corrected chi connectivity index (χ2v) is 4.83. The summed E-state index contributed by atoms with van der Waals surface area (Å²) in [4.78, 5) is 4.02. The summed E-state index contributed by atoms with van der Waals surface area (Å²) >= 11 is 10.2. The smallest absolute Gasteiger partial charge is 0.188 e.